The molecule has 0 saturated carbocycles. The van der Waals surface area contributed by atoms with Gasteiger partial charge in [0.1, 0.15) is 8.24 Å². The zero-order valence-corrected chi connectivity index (χ0v) is 9.35. The first kappa shape index (κ1) is 11.6. The summed E-state index contributed by atoms with van der Waals surface area (Å²) in [6.07, 6.45) is 1.63. The Morgan fingerprint density at radius 3 is 2.25 bits per heavy atom. The fraction of sp³-hybridized carbons (Fsp3) is 0.875. The Morgan fingerprint density at radius 2 is 2.00 bits per heavy atom. The Kier molecular flexibility index (Phi) is 4.48. The molecule has 0 aliphatic carbocycles. The summed E-state index contributed by atoms with van der Waals surface area (Å²) in [5.74, 6) is -0.723. The molecule has 4 heteroatoms. The summed E-state index contributed by atoms with van der Waals surface area (Å²) in [7, 11) is -1.45. The number of nitrogens with one attached hydrogen (secondary N) is 1. The molecule has 0 rings (SSSR count). The molecule has 0 bridgehead atoms. The molecule has 0 saturated heterocycles. The smallest absolute Gasteiger partial charge is 0.320 e. The van der Waals surface area contributed by atoms with Gasteiger partial charge in [-0.15, -0.1) is 0 Å². The number of carbonyl (C=O) groups is 1. The minimum atomic E-state index is -1.45. The van der Waals surface area contributed by atoms with Gasteiger partial charge in [-0.2, -0.15) is 0 Å². The van der Waals surface area contributed by atoms with E-state index in [9.17, 15) is 4.79 Å². The highest BCUT2D eigenvalue weighted by molar-refractivity contribution is 6.73. The van der Waals surface area contributed by atoms with Gasteiger partial charge in [-0.1, -0.05) is 33.0 Å². The average molecular weight is 189 g/mol. The maximum atomic E-state index is 10.7. The first-order valence-corrected chi connectivity index (χ1v) is 7.87. The molecule has 0 aliphatic heterocycles. The van der Waals surface area contributed by atoms with Crippen LogP contribution in [0.2, 0.25) is 19.6 Å². The number of hydrogen-bond acceptors (Lipinski definition) is 2. The molecular weight excluding hydrogens is 170 g/mol. The lowest BCUT2D eigenvalue weighted by Crippen LogP contribution is -2.51. The van der Waals surface area contributed by atoms with E-state index in [4.69, 9.17) is 5.11 Å². The van der Waals surface area contributed by atoms with Crippen LogP contribution in [0.25, 0.3) is 0 Å². The van der Waals surface area contributed by atoms with Crippen molar-refractivity contribution in [3.8, 4) is 0 Å². The van der Waals surface area contributed by atoms with Crippen LogP contribution in [0.4, 0.5) is 0 Å². The molecule has 0 aromatic heterocycles. The highest BCUT2D eigenvalue weighted by Gasteiger charge is 2.23. The SMILES string of the molecule is CCCC(N[Si](C)(C)C)C(=O)O. The summed E-state index contributed by atoms with van der Waals surface area (Å²) in [6.45, 7) is 8.33. The minimum absolute atomic E-state index is 0.346. The van der Waals surface area contributed by atoms with Crippen LogP contribution in [0.5, 0.6) is 0 Å². The van der Waals surface area contributed by atoms with Crippen molar-refractivity contribution in [3.63, 3.8) is 0 Å². The zero-order valence-electron chi connectivity index (χ0n) is 8.35. The van der Waals surface area contributed by atoms with Crippen LogP contribution in [-0.2, 0) is 4.79 Å². The van der Waals surface area contributed by atoms with Crippen LogP contribution in [0.1, 0.15) is 19.8 Å². The van der Waals surface area contributed by atoms with Crippen molar-refractivity contribution >= 4 is 14.2 Å². The first-order chi connectivity index (χ1) is 5.37. The monoisotopic (exact) mass is 189 g/mol. The van der Waals surface area contributed by atoms with Gasteiger partial charge in [-0.3, -0.25) is 4.79 Å². The Balaban J connectivity index is 4.05. The Bertz CT molecular complexity index is 154. The lowest BCUT2D eigenvalue weighted by Gasteiger charge is -2.23. The van der Waals surface area contributed by atoms with Gasteiger partial charge in [-0.25, -0.2) is 0 Å². The van der Waals surface area contributed by atoms with Crippen molar-refractivity contribution in [1.82, 2.24) is 4.98 Å². The minimum Gasteiger partial charge on any atom is -0.480 e. The molecule has 0 spiro atoms. The maximum Gasteiger partial charge on any atom is 0.320 e. The van der Waals surface area contributed by atoms with Gasteiger partial charge in [0.05, 0.1) is 6.04 Å². The summed E-state index contributed by atoms with van der Waals surface area (Å²) in [5.41, 5.74) is 0. The molecule has 12 heavy (non-hydrogen) atoms. The van der Waals surface area contributed by atoms with E-state index in [0.717, 1.165) is 12.8 Å². The zero-order chi connectivity index (χ0) is 9.78. The second-order valence-corrected chi connectivity index (χ2v) is 8.86. The number of carboxylic acid groups (broad SMARTS) is 1. The molecule has 72 valence electrons. The van der Waals surface area contributed by atoms with Crippen molar-refractivity contribution in [2.45, 2.75) is 45.4 Å². The third-order valence-corrected chi connectivity index (χ3v) is 2.70. The highest BCUT2D eigenvalue weighted by Crippen LogP contribution is 2.03. The number of aliphatic carboxylic acids is 1. The molecule has 0 fully saturated rings. The lowest BCUT2D eigenvalue weighted by molar-refractivity contribution is -0.139. The third kappa shape index (κ3) is 5.32. The van der Waals surface area contributed by atoms with Gasteiger partial charge in [0, 0.05) is 0 Å². The van der Waals surface area contributed by atoms with Crippen molar-refractivity contribution in [2.24, 2.45) is 0 Å². The van der Waals surface area contributed by atoms with Gasteiger partial charge in [0.2, 0.25) is 0 Å². The van der Waals surface area contributed by atoms with E-state index in [2.05, 4.69) is 24.6 Å². The van der Waals surface area contributed by atoms with E-state index in [1.807, 2.05) is 6.92 Å². The molecule has 0 aromatic rings. The normalized spacial score (nSPS) is 14.3. The molecule has 0 amide bonds. The van der Waals surface area contributed by atoms with Gasteiger partial charge >= 0.3 is 5.97 Å². The summed E-state index contributed by atoms with van der Waals surface area (Å²) >= 11 is 0. The summed E-state index contributed by atoms with van der Waals surface area (Å²) in [5, 5.41) is 8.83. The van der Waals surface area contributed by atoms with Gasteiger partial charge in [0.25, 0.3) is 0 Å². The number of carboxylic acids is 1. The Hall–Kier alpha value is -0.353. The standard InChI is InChI=1S/C8H19NO2Si/c1-5-6-7(8(10)11)9-12(2,3)4/h7,9H,5-6H2,1-4H3,(H,10,11). The van der Waals surface area contributed by atoms with E-state index in [0.29, 0.717) is 0 Å². The fourth-order valence-electron chi connectivity index (χ4n) is 1.07. The van der Waals surface area contributed by atoms with Gasteiger partial charge < -0.3 is 10.1 Å². The van der Waals surface area contributed by atoms with Crippen LogP contribution in [0, 0.1) is 0 Å². The largest absolute Gasteiger partial charge is 0.480 e. The number of hydrogen-bond donors (Lipinski definition) is 2. The van der Waals surface area contributed by atoms with E-state index >= 15 is 0 Å². The second-order valence-electron chi connectivity index (χ2n) is 4.07. The Labute approximate surface area is 75.3 Å². The van der Waals surface area contributed by atoms with Crippen LogP contribution in [-0.4, -0.2) is 25.4 Å². The average Bonchev–Trinajstić information content (AvgIpc) is 1.83. The molecule has 1 atom stereocenters. The van der Waals surface area contributed by atoms with Crippen molar-refractivity contribution in [1.29, 1.82) is 0 Å². The van der Waals surface area contributed by atoms with Gasteiger partial charge in [0.15, 0.2) is 0 Å². The highest BCUT2D eigenvalue weighted by atomic mass is 28.3. The molecule has 0 aromatic carbocycles. The molecule has 0 radical (unpaired) electrons. The van der Waals surface area contributed by atoms with Crippen molar-refractivity contribution < 1.29 is 9.90 Å². The van der Waals surface area contributed by atoms with Crippen molar-refractivity contribution in [3.05, 3.63) is 0 Å². The second kappa shape index (κ2) is 4.62. The summed E-state index contributed by atoms with van der Waals surface area (Å²) in [4.78, 5) is 13.9. The fourth-order valence-corrected chi connectivity index (χ4v) is 2.38. The van der Waals surface area contributed by atoms with E-state index in [-0.39, 0.29) is 6.04 Å². The van der Waals surface area contributed by atoms with Crippen LogP contribution < -0.4 is 4.98 Å². The Morgan fingerprint density at radius 1 is 1.50 bits per heavy atom. The predicted octanol–water partition coefficient (Wildman–Crippen LogP) is 1.66. The maximum absolute atomic E-state index is 10.7. The molecule has 3 nitrogen and oxygen atoms in total. The van der Waals surface area contributed by atoms with Gasteiger partial charge in [-0.05, 0) is 6.42 Å². The molecule has 0 heterocycles. The summed E-state index contributed by atoms with van der Waals surface area (Å²) in [6, 6.07) is -0.346. The molecular formula is C8H19NO2Si. The van der Waals surface area contributed by atoms with Crippen LogP contribution >= 0.6 is 0 Å². The predicted molar refractivity (Wildman–Crippen MR) is 52.8 cm³/mol. The number of rotatable bonds is 5. The lowest BCUT2D eigenvalue weighted by atomic mass is 10.2. The van der Waals surface area contributed by atoms with E-state index in [1.54, 1.807) is 0 Å². The topological polar surface area (TPSA) is 49.3 Å². The first-order valence-electron chi connectivity index (χ1n) is 4.37. The molecule has 1 unspecified atom stereocenters. The van der Waals surface area contributed by atoms with Crippen LogP contribution in [0.15, 0.2) is 0 Å². The van der Waals surface area contributed by atoms with E-state index < -0.39 is 14.2 Å². The molecule has 0 aliphatic rings. The van der Waals surface area contributed by atoms with Crippen molar-refractivity contribution in [2.75, 3.05) is 0 Å². The van der Waals surface area contributed by atoms with E-state index in [1.165, 1.54) is 0 Å². The van der Waals surface area contributed by atoms with Crippen LogP contribution in [0.3, 0.4) is 0 Å². The summed E-state index contributed by atoms with van der Waals surface area (Å²) < 4.78 is 0. The quantitative estimate of drug-likeness (QED) is 0.647. The third-order valence-electron chi connectivity index (χ3n) is 1.48. The molecule has 2 N–H and O–H groups in total.